The number of methoxy groups -OCH3 is 2. The summed E-state index contributed by atoms with van der Waals surface area (Å²) in [5.41, 5.74) is 6.79. The van der Waals surface area contributed by atoms with Gasteiger partial charge in [0.15, 0.2) is 5.96 Å². The Labute approximate surface area is 153 Å². The number of aliphatic imine (C=N–C) groups is 1. The van der Waals surface area contributed by atoms with Gasteiger partial charge >= 0.3 is 0 Å². The third kappa shape index (κ3) is 5.90. The van der Waals surface area contributed by atoms with Gasteiger partial charge in [0.05, 0.1) is 19.9 Å². The Hall–Kier alpha value is -2.34. The monoisotopic (exact) mass is 359 g/mol. The highest BCUT2D eigenvalue weighted by molar-refractivity contribution is 7.99. The molecular weight excluding hydrogens is 334 g/mol. The van der Waals surface area contributed by atoms with E-state index in [1.165, 1.54) is 0 Å². The van der Waals surface area contributed by atoms with Crippen LogP contribution < -0.4 is 20.5 Å². The van der Waals surface area contributed by atoms with Gasteiger partial charge < -0.3 is 20.5 Å². The molecule has 0 bridgehead atoms. The summed E-state index contributed by atoms with van der Waals surface area (Å²) < 4.78 is 10.7. The molecule has 0 amide bonds. The SMILES string of the molecule is COc1ccccc1NC(N)=NCC(C)CSc1ccccc1OC. The molecule has 0 aliphatic heterocycles. The molecule has 0 aliphatic rings. The molecule has 0 saturated carbocycles. The Kier molecular flexibility index (Phi) is 7.47. The normalized spacial score (nSPS) is 12.5. The summed E-state index contributed by atoms with van der Waals surface area (Å²) in [7, 11) is 3.32. The van der Waals surface area contributed by atoms with E-state index < -0.39 is 0 Å². The van der Waals surface area contributed by atoms with E-state index in [9.17, 15) is 0 Å². The van der Waals surface area contributed by atoms with E-state index in [2.05, 4.69) is 23.3 Å². The lowest BCUT2D eigenvalue weighted by atomic mass is 10.2. The van der Waals surface area contributed by atoms with Gasteiger partial charge in [-0.05, 0) is 30.2 Å². The molecule has 0 spiro atoms. The molecule has 0 aliphatic carbocycles. The molecule has 3 N–H and O–H groups in total. The number of guanidine groups is 1. The van der Waals surface area contributed by atoms with Crippen LogP contribution in [0.4, 0.5) is 5.69 Å². The first-order valence-corrected chi connectivity index (χ1v) is 9.08. The average molecular weight is 359 g/mol. The van der Waals surface area contributed by atoms with E-state index in [1.54, 1.807) is 26.0 Å². The second kappa shape index (κ2) is 9.84. The molecule has 0 fully saturated rings. The van der Waals surface area contributed by atoms with Gasteiger partial charge in [0.2, 0.25) is 0 Å². The number of thioether (sulfide) groups is 1. The first kappa shape index (κ1) is 19.0. The van der Waals surface area contributed by atoms with Crippen LogP contribution in [0.1, 0.15) is 6.92 Å². The number of hydrogen-bond acceptors (Lipinski definition) is 4. The van der Waals surface area contributed by atoms with Gasteiger partial charge in [0, 0.05) is 17.2 Å². The number of para-hydroxylation sites is 3. The maximum absolute atomic E-state index is 5.99. The zero-order valence-electron chi connectivity index (χ0n) is 14.9. The molecule has 2 aromatic carbocycles. The van der Waals surface area contributed by atoms with Gasteiger partial charge in [-0.3, -0.25) is 4.99 Å². The van der Waals surface area contributed by atoms with Crippen molar-refractivity contribution < 1.29 is 9.47 Å². The number of rotatable bonds is 8. The number of nitrogens with zero attached hydrogens (tertiary/aromatic N) is 1. The summed E-state index contributed by atoms with van der Waals surface area (Å²) in [5, 5.41) is 3.08. The highest BCUT2D eigenvalue weighted by Crippen LogP contribution is 2.30. The van der Waals surface area contributed by atoms with Crippen molar-refractivity contribution in [2.45, 2.75) is 11.8 Å². The number of anilines is 1. The second-order valence-corrected chi connectivity index (χ2v) is 6.68. The lowest BCUT2D eigenvalue weighted by molar-refractivity contribution is 0.405. The zero-order chi connectivity index (χ0) is 18.1. The van der Waals surface area contributed by atoms with Crippen LogP contribution in [0.2, 0.25) is 0 Å². The third-order valence-electron chi connectivity index (χ3n) is 3.54. The molecule has 25 heavy (non-hydrogen) atoms. The second-order valence-electron chi connectivity index (χ2n) is 5.62. The van der Waals surface area contributed by atoms with Crippen LogP contribution in [-0.4, -0.2) is 32.5 Å². The lowest BCUT2D eigenvalue weighted by Gasteiger charge is -2.13. The van der Waals surface area contributed by atoms with Crippen molar-refractivity contribution in [1.82, 2.24) is 0 Å². The molecule has 2 rings (SSSR count). The van der Waals surface area contributed by atoms with Crippen LogP contribution in [0.3, 0.4) is 0 Å². The summed E-state index contributed by atoms with van der Waals surface area (Å²) in [4.78, 5) is 5.57. The molecule has 1 unspecified atom stereocenters. The molecule has 134 valence electrons. The highest BCUT2D eigenvalue weighted by Gasteiger charge is 2.07. The number of nitrogens with two attached hydrogens (primary N) is 1. The van der Waals surface area contributed by atoms with Crippen LogP contribution in [0.25, 0.3) is 0 Å². The van der Waals surface area contributed by atoms with Gasteiger partial charge in [0.1, 0.15) is 11.5 Å². The molecule has 2 aromatic rings. The Morgan fingerprint density at radius 3 is 2.44 bits per heavy atom. The fourth-order valence-corrected chi connectivity index (χ4v) is 3.24. The van der Waals surface area contributed by atoms with Crippen molar-refractivity contribution in [2.75, 3.05) is 31.8 Å². The summed E-state index contributed by atoms with van der Waals surface area (Å²) in [6.45, 7) is 2.80. The van der Waals surface area contributed by atoms with Crippen molar-refractivity contribution in [3.8, 4) is 11.5 Å². The smallest absolute Gasteiger partial charge is 0.193 e. The topological polar surface area (TPSA) is 68.9 Å². The van der Waals surface area contributed by atoms with Gasteiger partial charge in [0.25, 0.3) is 0 Å². The van der Waals surface area contributed by atoms with Gasteiger partial charge in [-0.15, -0.1) is 11.8 Å². The van der Waals surface area contributed by atoms with Gasteiger partial charge in [-0.2, -0.15) is 0 Å². The van der Waals surface area contributed by atoms with Crippen LogP contribution in [-0.2, 0) is 0 Å². The van der Waals surface area contributed by atoms with Crippen LogP contribution in [0.5, 0.6) is 11.5 Å². The summed E-state index contributed by atoms with van der Waals surface area (Å²) in [6, 6.07) is 15.6. The molecule has 1 atom stereocenters. The minimum atomic E-state index is 0.382. The molecule has 0 aromatic heterocycles. The predicted octanol–water partition coefficient (Wildman–Crippen LogP) is 3.86. The van der Waals surface area contributed by atoms with Crippen molar-refractivity contribution >= 4 is 23.4 Å². The largest absolute Gasteiger partial charge is 0.496 e. The maximum Gasteiger partial charge on any atom is 0.193 e. The fraction of sp³-hybridized carbons (Fsp3) is 0.316. The third-order valence-corrected chi connectivity index (χ3v) is 4.92. The lowest BCUT2D eigenvalue weighted by Crippen LogP contribution is -2.24. The highest BCUT2D eigenvalue weighted by atomic mass is 32.2. The van der Waals surface area contributed by atoms with Crippen molar-refractivity contribution in [3.63, 3.8) is 0 Å². The fourth-order valence-electron chi connectivity index (χ4n) is 2.20. The van der Waals surface area contributed by atoms with E-state index in [4.69, 9.17) is 15.2 Å². The summed E-state index contributed by atoms with van der Waals surface area (Å²) in [5.74, 6) is 3.35. The Bertz CT molecular complexity index is 707. The first-order chi connectivity index (χ1) is 12.1. The van der Waals surface area contributed by atoms with Crippen molar-refractivity contribution in [1.29, 1.82) is 0 Å². The number of hydrogen-bond donors (Lipinski definition) is 2. The quantitative estimate of drug-likeness (QED) is 0.425. The molecule has 6 heteroatoms. The minimum absolute atomic E-state index is 0.382. The Morgan fingerprint density at radius 2 is 1.72 bits per heavy atom. The van der Waals surface area contributed by atoms with E-state index >= 15 is 0 Å². The van der Waals surface area contributed by atoms with Gasteiger partial charge in [-0.1, -0.05) is 31.2 Å². The Balaban J connectivity index is 1.85. The molecular formula is C19H25N3O2S. The Morgan fingerprint density at radius 1 is 1.08 bits per heavy atom. The molecule has 0 saturated heterocycles. The van der Waals surface area contributed by atoms with Gasteiger partial charge in [-0.25, -0.2) is 0 Å². The summed E-state index contributed by atoms with van der Waals surface area (Å²) in [6.07, 6.45) is 0. The zero-order valence-corrected chi connectivity index (χ0v) is 15.7. The molecule has 0 heterocycles. The van der Waals surface area contributed by atoms with E-state index in [0.717, 1.165) is 27.8 Å². The number of nitrogens with one attached hydrogen (secondary N) is 1. The van der Waals surface area contributed by atoms with Crippen LogP contribution >= 0.6 is 11.8 Å². The molecule has 0 radical (unpaired) electrons. The van der Waals surface area contributed by atoms with Crippen LogP contribution in [0.15, 0.2) is 58.4 Å². The van der Waals surface area contributed by atoms with Crippen LogP contribution in [0, 0.1) is 5.92 Å². The van der Waals surface area contributed by atoms with Crippen molar-refractivity contribution in [2.24, 2.45) is 16.6 Å². The maximum atomic E-state index is 5.99. The minimum Gasteiger partial charge on any atom is -0.496 e. The summed E-state index contributed by atoms with van der Waals surface area (Å²) >= 11 is 1.77. The standard InChI is InChI=1S/C19H25N3O2S/c1-14(13-25-18-11-7-6-10-17(18)24-3)12-21-19(20)22-15-8-4-5-9-16(15)23-2/h4-11,14H,12-13H2,1-3H3,(H3,20,21,22). The first-order valence-electron chi connectivity index (χ1n) is 8.09. The predicted molar refractivity (Wildman–Crippen MR) is 106 cm³/mol. The van der Waals surface area contributed by atoms with Crippen molar-refractivity contribution in [3.05, 3.63) is 48.5 Å². The average Bonchev–Trinajstić information content (AvgIpc) is 2.65. The number of benzene rings is 2. The number of ether oxygens (including phenoxy) is 2. The van der Waals surface area contributed by atoms with E-state index in [0.29, 0.717) is 18.4 Å². The van der Waals surface area contributed by atoms with E-state index in [-0.39, 0.29) is 0 Å². The van der Waals surface area contributed by atoms with E-state index in [1.807, 2.05) is 42.5 Å². The molecule has 5 nitrogen and oxygen atoms in total.